The molecule has 1 unspecified atom stereocenters. The lowest BCUT2D eigenvalue weighted by Crippen LogP contribution is -2.46. The van der Waals surface area contributed by atoms with Gasteiger partial charge in [-0.05, 0) is 30.0 Å². The van der Waals surface area contributed by atoms with Gasteiger partial charge in [0.05, 0.1) is 11.4 Å². The van der Waals surface area contributed by atoms with Crippen LogP contribution >= 0.6 is 23.2 Å². The van der Waals surface area contributed by atoms with Crippen molar-refractivity contribution in [2.24, 2.45) is 0 Å². The molecule has 0 aliphatic heterocycles. The van der Waals surface area contributed by atoms with E-state index in [1.54, 1.807) is 17.1 Å². The Morgan fingerprint density at radius 3 is 2.71 bits per heavy atom. The molecule has 0 radical (unpaired) electrons. The summed E-state index contributed by atoms with van der Waals surface area (Å²) in [4.78, 5) is 3.17. The van der Waals surface area contributed by atoms with Gasteiger partial charge in [0.2, 0.25) is 0 Å². The van der Waals surface area contributed by atoms with Crippen LogP contribution in [0.2, 0.25) is 5.02 Å². The number of benzene rings is 1. The van der Waals surface area contributed by atoms with Gasteiger partial charge < -0.3 is 5.11 Å². The SMILES string of the molecule is C=C(c1ccccc1Cl)C(O)(Cn1cncn1)C1(Cl)CC1. The number of nitrogens with zero attached hydrogens (tertiary/aromatic N) is 3. The minimum atomic E-state index is -1.33. The molecule has 6 heteroatoms. The first-order valence-electron chi connectivity index (χ1n) is 6.64. The smallest absolute Gasteiger partial charge is 0.137 e. The van der Waals surface area contributed by atoms with E-state index in [1.165, 1.54) is 6.33 Å². The molecule has 1 atom stereocenters. The van der Waals surface area contributed by atoms with Gasteiger partial charge in [0.15, 0.2) is 0 Å². The van der Waals surface area contributed by atoms with Crippen LogP contribution in [0.5, 0.6) is 0 Å². The summed E-state index contributed by atoms with van der Waals surface area (Å²) in [5, 5.41) is 15.8. The summed E-state index contributed by atoms with van der Waals surface area (Å²) in [6.07, 6.45) is 4.42. The molecule has 1 heterocycles. The van der Waals surface area contributed by atoms with Gasteiger partial charge >= 0.3 is 0 Å². The van der Waals surface area contributed by atoms with Gasteiger partial charge in [-0.25, -0.2) is 9.67 Å². The highest BCUT2D eigenvalue weighted by Gasteiger charge is 2.59. The summed E-state index contributed by atoms with van der Waals surface area (Å²) < 4.78 is 1.56. The second kappa shape index (κ2) is 5.13. The van der Waals surface area contributed by atoms with E-state index in [0.29, 0.717) is 16.2 Å². The molecule has 4 nitrogen and oxygen atoms in total. The third-order valence-electron chi connectivity index (χ3n) is 3.99. The largest absolute Gasteiger partial charge is 0.381 e. The van der Waals surface area contributed by atoms with Crippen LogP contribution in [0.4, 0.5) is 0 Å². The fourth-order valence-corrected chi connectivity index (χ4v) is 3.03. The lowest BCUT2D eigenvalue weighted by Gasteiger charge is -2.35. The number of hydrogen-bond acceptors (Lipinski definition) is 3. The van der Waals surface area contributed by atoms with E-state index in [1.807, 2.05) is 18.2 Å². The molecule has 1 aromatic heterocycles. The zero-order chi connectivity index (χ0) is 15.1. The summed E-state index contributed by atoms with van der Waals surface area (Å²) in [5.74, 6) is 0. The molecule has 1 saturated carbocycles. The highest BCUT2D eigenvalue weighted by Crippen LogP contribution is 2.56. The van der Waals surface area contributed by atoms with E-state index in [4.69, 9.17) is 23.2 Å². The summed E-state index contributed by atoms with van der Waals surface area (Å²) in [6, 6.07) is 7.30. The van der Waals surface area contributed by atoms with Crippen molar-refractivity contribution >= 4 is 28.8 Å². The van der Waals surface area contributed by atoms with Crippen molar-refractivity contribution in [2.45, 2.75) is 29.9 Å². The van der Waals surface area contributed by atoms with Crippen LogP contribution in [0, 0.1) is 0 Å². The zero-order valence-corrected chi connectivity index (χ0v) is 12.8. The van der Waals surface area contributed by atoms with Crippen molar-refractivity contribution in [3.05, 3.63) is 54.1 Å². The van der Waals surface area contributed by atoms with E-state index < -0.39 is 10.5 Å². The van der Waals surface area contributed by atoms with E-state index in [9.17, 15) is 5.11 Å². The lowest BCUT2D eigenvalue weighted by atomic mass is 9.84. The number of rotatable bonds is 5. The monoisotopic (exact) mass is 323 g/mol. The van der Waals surface area contributed by atoms with Crippen molar-refractivity contribution in [3.63, 3.8) is 0 Å². The highest BCUT2D eigenvalue weighted by molar-refractivity contribution is 6.33. The van der Waals surface area contributed by atoms with E-state index >= 15 is 0 Å². The first-order valence-corrected chi connectivity index (χ1v) is 7.40. The van der Waals surface area contributed by atoms with Crippen LogP contribution < -0.4 is 0 Å². The Labute approximate surface area is 133 Å². The van der Waals surface area contributed by atoms with E-state index in [0.717, 1.165) is 12.8 Å². The number of aromatic nitrogens is 3. The van der Waals surface area contributed by atoms with Crippen molar-refractivity contribution in [1.82, 2.24) is 14.8 Å². The molecule has 0 spiro atoms. The minimum Gasteiger partial charge on any atom is -0.381 e. The molecule has 0 bridgehead atoms. The van der Waals surface area contributed by atoms with Crippen LogP contribution in [0.1, 0.15) is 18.4 Å². The van der Waals surface area contributed by atoms with Crippen LogP contribution in [0.15, 0.2) is 43.5 Å². The second-order valence-corrected chi connectivity index (χ2v) is 6.51. The molecule has 1 fully saturated rings. The van der Waals surface area contributed by atoms with Crippen LogP contribution in [0.3, 0.4) is 0 Å². The summed E-state index contributed by atoms with van der Waals surface area (Å²) >= 11 is 12.8. The molecule has 1 aliphatic carbocycles. The topological polar surface area (TPSA) is 50.9 Å². The average Bonchev–Trinajstić information content (AvgIpc) is 3.02. The molecule has 1 aliphatic rings. The Morgan fingerprint density at radius 1 is 1.43 bits per heavy atom. The van der Waals surface area contributed by atoms with E-state index in [2.05, 4.69) is 16.7 Å². The number of hydrogen-bond donors (Lipinski definition) is 1. The summed E-state index contributed by atoms with van der Waals surface area (Å²) in [7, 11) is 0. The maximum Gasteiger partial charge on any atom is 0.137 e. The number of alkyl halides is 1. The average molecular weight is 324 g/mol. The Hall–Kier alpha value is -1.36. The van der Waals surface area contributed by atoms with Gasteiger partial charge in [-0.3, -0.25) is 0 Å². The fourth-order valence-electron chi connectivity index (χ4n) is 2.51. The van der Waals surface area contributed by atoms with E-state index in [-0.39, 0.29) is 6.54 Å². The maximum atomic E-state index is 11.2. The molecule has 3 rings (SSSR count). The molecule has 110 valence electrons. The van der Waals surface area contributed by atoms with Gasteiger partial charge in [0.25, 0.3) is 0 Å². The maximum absolute atomic E-state index is 11.2. The Kier molecular flexibility index (Phi) is 3.56. The standard InChI is InChI=1S/C15H15Cl2N3O/c1-11(12-4-2-3-5-13(12)16)15(21,14(17)6-7-14)8-20-10-18-9-19-20/h2-5,9-10,21H,1,6-8H2. The first-order chi connectivity index (χ1) is 9.96. The third kappa shape index (κ3) is 2.48. The minimum absolute atomic E-state index is 0.195. The fraction of sp³-hybridized carbons (Fsp3) is 0.333. The number of aliphatic hydroxyl groups is 1. The van der Waals surface area contributed by atoms with Gasteiger partial charge in [0, 0.05) is 5.02 Å². The Morgan fingerprint density at radius 2 is 2.14 bits per heavy atom. The molecule has 0 amide bonds. The van der Waals surface area contributed by atoms with Gasteiger partial charge in [-0.2, -0.15) is 5.10 Å². The van der Waals surface area contributed by atoms with Crippen molar-refractivity contribution in [2.75, 3.05) is 0 Å². The molecule has 1 N–H and O–H groups in total. The summed E-state index contributed by atoms with van der Waals surface area (Å²) in [6.45, 7) is 4.26. The van der Waals surface area contributed by atoms with Crippen molar-refractivity contribution in [3.8, 4) is 0 Å². The van der Waals surface area contributed by atoms with Crippen LogP contribution in [-0.4, -0.2) is 30.3 Å². The molecular formula is C15H15Cl2N3O. The Balaban J connectivity index is 2.00. The normalized spacial score (nSPS) is 19.0. The predicted octanol–water partition coefficient (Wildman–Crippen LogP) is 3.15. The van der Waals surface area contributed by atoms with Crippen LogP contribution in [0.25, 0.3) is 5.57 Å². The first kappa shape index (κ1) is 14.6. The summed E-state index contributed by atoms with van der Waals surface area (Å²) in [5.41, 5.74) is -0.113. The number of halogens is 2. The lowest BCUT2D eigenvalue weighted by molar-refractivity contribution is 0.0662. The van der Waals surface area contributed by atoms with Gasteiger partial charge in [-0.1, -0.05) is 36.4 Å². The molecule has 0 saturated heterocycles. The Bertz CT molecular complexity index is 667. The van der Waals surface area contributed by atoms with Crippen LogP contribution in [-0.2, 0) is 6.54 Å². The zero-order valence-electron chi connectivity index (χ0n) is 11.3. The molecule has 21 heavy (non-hydrogen) atoms. The molecule has 2 aromatic rings. The van der Waals surface area contributed by atoms with Gasteiger partial charge in [-0.15, -0.1) is 11.6 Å². The predicted molar refractivity (Wildman–Crippen MR) is 83.3 cm³/mol. The highest BCUT2D eigenvalue weighted by atomic mass is 35.5. The van der Waals surface area contributed by atoms with Crippen molar-refractivity contribution < 1.29 is 5.11 Å². The molecular weight excluding hydrogens is 309 g/mol. The second-order valence-electron chi connectivity index (χ2n) is 5.38. The van der Waals surface area contributed by atoms with Crippen molar-refractivity contribution in [1.29, 1.82) is 0 Å². The molecule has 1 aromatic carbocycles. The quantitative estimate of drug-likeness (QED) is 0.860. The van der Waals surface area contributed by atoms with Gasteiger partial charge in [0.1, 0.15) is 18.3 Å². The third-order valence-corrected chi connectivity index (χ3v) is 5.01.